The Morgan fingerprint density at radius 3 is 2.37 bits per heavy atom. The lowest BCUT2D eigenvalue weighted by Gasteiger charge is -2.43. The first-order chi connectivity index (χ1) is 9.33. The summed E-state index contributed by atoms with van der Waals surface area (Å²) in [6, 6.07) is 1.22. The third-order valence-corrected chi connectivity index (χ3v) is 4.65. The zero-order valence-electron chi connectivity index (χ0n) is 11.8. The van der Waals surface area contributed by atoms with Gasteiger partial charge in [0.25, 0.3) is 0 Å². The predicted octanol–water partition coefficient (Wildman–Crippen LogP) is 0.650. The molecule has 2 aliphatic heterocycles. The normalized spacial score (nSPS) is 34.1. The van der Waals surface area contributed by atoms with Crippen LogP contribution in [0.25, 0.3) is 0 Å². The predicted molar refractivity (Wildman–Crippen MR) is 76.2 cm³/mol. The Kier molecular flexibility index (Phi) is 4.23. The summed E-state index contributed by atoms with van der Waals surface area (Å²) in [5.41, 5.74) is 6.09. The molecule has 3 aliphatic rings. The second kappa shape index (κ2) is 6.09. The number of hydrogen-bond donors (Lipinski definition) is 1. The Balaban J connectivity index is 1.44. The van der Waals surface area contributed by atoms with E-state index in [0.717, 1.165) is 38.3 Å². The van der Waals surface area contributed by atoms with Gasteiger partial charge in [-0.25, -0.2) is 4.99 Å². The van der Waals surface area contributed by atoms with Gasteiger partial charge in [0.15, 0.2) is 5.96 Å². The zero-order chi connectivity index (χ0) is 13.1. The molecule has 108 valence electrons. The Morgan fingerprint density at radius 1 is 1.00 bits per heavy atom. The van der Waals surface area contributed by atoms with E-state index < -0.39 is 0 Å². The Morgan fingerprint density at radius 2 is 1.68 bits per heavy atom. The summed E-state index contributed by atoms with van der Waals surface area (Å²) in [5, 5.41) is 0. The highest BCUT2D eigenvalue weighted by Crippen LogP contribution is 2.30. The fourth-order valence-corrected chi connectivity index (χ4v) is 3.31. The van der Waals surface area contributed by atoms with Gasteiger partial charge in [-0.05, 0) is 38.8 Å². The van der Waals surface area contributed by atoms with Crippen LogP contribution in [0.4, 0.5) is 0 Å². The number of morpholine rings is 1. The van der Waals surface area contributed by atoms with Crippen molar-refractivity contribution in [2.24, 2.45) is 10.7 Å². The van der Waals surface area contributed by atoms with E-state index in [1.807, 2.05) is 0 Å². The Bertz CT molecular complexity index is 315. The van der Waals surface area contributed by atoms with Crippen LogP contribution >= 0.6 is 0 Å². The molecule has 2 N–H and O–H groups in total. The molecule has 2 saturated heterocycles. The molecular weight excluding hydrogens is 240 g/mol. The molecule has 3 fully saturated rings. The van der Waals surface area contributed by atoms with Crippen LogP contribution in [0.15, 0.2) is 4.99 Å². The number of hydrogen-bond acceptors (Lipinski definition) is 3. The summed E-state index contributed by atoms with van der Waals surface area (Å²) < 4.78 is 5.33. The van der Waals surface area contributed by atoms with E-state index >= 15 is 0 Å². The molecule has 1 saturated carbocycles. The standard InChI is InChI=1S/C14H26N4O/c15-14(18-6-8-19-9-7-18)16-12-10-13(11-12)17-4-2-1-3-5-17/h12-13H,1-11H2,(H2,15,16). The van der Waals surface area contributed by atoms with Crippen LogP contribution in [0.3, 0.4) is 0 Å². The highest BCUT2D eigenvalue weighted by molar-refractivity contribution is 5.78. The van der Waals surface area contributed by atoms with Crippen molar-refractivity contribution in [1.82, 2.24) is 9.80 Å². The van der Waals surface area contributed by atoms with Gasteiger partial charge in [0.05, 0.1) is 19.3 Å². The Labute approximate surface area is 115 Å². The Hall–Kier alpha value is -0.810. The molecule has 0 unspecified atom stereocenters. The van der Waals surface area contributed by atoms with Gasteiger partial charge in [0, 0.05) is 19.1 Å². The fraction of sp³-hybridized carbons (Fsp3) is 0.929. The second-order valence-electron chi connectivity index (χ2n) is 5.96. The maximum atomic E-state index is 6.09. The summed E-state index contributed by atoms with van der Waals surface area (Å²) >= 11 is 0. The van der Waals surface area contributed by atoms with E-state index in [4.69, 9.17) is 10.5 Å². The van der Waals surface area contributed by atoms with E-state index in [1.165, 1.54) is 45.2 Å². The zero-order valence-corrected chi connectivity index (χ0v) is 11.8. The number of nitrogens with zero attached hydrogens (tertiary/aromatic N) is 3. The largest absolute Gasteiger partial charge is 0.378 e. The van der Waals surface area contributed by atoms with Gasteiger partial charge >= 0.3 is 0 Å². The van der Waals surface area contributed by atoms with E-state index in [-0.39, 0.29) is 0 Å². The number of aliphatic imine (C=N–C) groups is 1. The first-order valence-corrected chi connectivity index (χ1v) is 7.73. The van der Waals surface area contributed by atoms with Crippen LogP contribution in [0.2, 0.25) is 0 Å². The molecular formula is C14H26N4O. The molecule has 0 atom stereocenters. The maximum absolute atomic E-state index is 6.09. The average molecular weight is 266 g/mol. The summed E-state index contributed by atoms with van der Waals surface area (Å²) in [6.07, 6.45) is 6.56. The van der Waals surface area contributed by atoms with Crippen molar-refractivity contribution in [2.45, 2.75) is 44.2 Å². The number of nitrogens with two attached hydrogens (primary N) is 1. The summed E-state index contributed by atoms with van der Waals surface area (Å²) in [4.78, 5) is 9.49. The van der Waals surface area contributed by atoms with E-state index in [2.05, 4.69) is 14.8 Å². The average Bonchev–Trinajstić information content (AvgIpc) is 2.44. The summed E-state index contributed by atoms with van der Waals surface area (Å²) in [5.74, 6) is 0.727. The minimum atomic E-state index is 0.453. The van der Waals surface area contributed by atoms with Crippen LogP contribution in [-0.4, -0.2) is 67.2 Å². The highest BCUT2D eigenvalue weighted by atomic mass is 16.5. The molecule has 19 heavy (non-hydrogen) atoms. The molecule has 5 nitrogen and oxygen atoms in total. The number of piperidine rings is 1. The number of likely N-dealkylation sites (tertiary alicyclic amines) is 1. The molecule has 3 rings (SSSR count). The molecule has 5 heteroatoms. The molecule has 0 radical (unpaired) electrons. The van der Waals surface area contributed by atoms with Gasteiger partial charge < -0.3 is 20.3 Å². The third kappa shape index (κ3) is 3.20. The third-order valence-electron chi connectivity index (χ3n) is 4.65. The van der Waals surface area contributed by atoms with Gasteiger partial charge in [-0.1, -0.05) is 6.42 Å². The minimum absolute atomic E-state index is 0.453. The van der Waals surface area contributed by atoms with Crippen molar-refractivity contribution in [1.29, 1.82) is 0 Å². The lowest BCUT2D eigenvalue weighted by Crippen LogP contribution is -2.50. The molecule has 1 aliphatic carbocycles. The summed E-state index contributed by atoms with van der Waals surface area (Å²) in [7, 11) is 0. The van der Waals surface area contributed by atoms with Gasteiger partial charge in [0.2, 0.25) is 0 Å². The van der Waals surface area contributed by atoms with Crippen molar-refractivity contribution in [3.8, 4) is 0 Å². The number of rotatable bonds is 2. The molecule has 0 spiro atoms. The molecule has 0 bridgehead atoms. The van der Waals surface area contributed by atoms with Crippen molar-refractivity contribution in [2.75, 3.05) is 39.4 Å². The highest BCUT2D eigenvalue weighted by Gasteiger charge is 2.34. The van der Waals surface area contributed by atoms with Gasteiger partial charge in [0.1, 0.15) is 0 Å². The van der Waals surface area contributed by atoms with Crippen molar-refractivity contribution in [3.05, 3.63) is 0 Å². The van der Waals surface area contributed by atoms with Gasteiger partial charge in [-0.2, -0.15) is 0 Å². The lowest BCUT2D eigenvalue weighted by molar-refractivity contribution is 0.0658. The van der Waals surface area contributed by atoms with E-state index in [9.17, 15) is 0 Å². The maximum Gasteiger partial charge on any atom is 0.191 e. The monoisotopic (exact) mass is 266 g/mol. The second-order valence-corrected chi connectivity index (χ2v) is 5.96. The number of guanidine groups is 1. The molecule has 0 amide bonds. The van der Waals surface area contributed by atoms with Crippen LogP contribution in [0, 0.1) is 0 Å². The van der Waals surface area contributed by atoms with Crippen LogP contribution in [0.1, 0.15) is 32.1 Å². The first-order valence-electron chi connectivity index (χ1n) is 7.73. The van der Waals surface area contributed by atoms with Crippen molar-refractivity contribution >= 4 is 5.96 Å². The van der Waals surface area contributed by atoms with Crippen LogP contribution in [0.5, 0.6) is 0 Å². The van der Waals surface area contributed by atoms with E-state index in [0.29, 0.717) is 6.04 Å². The van der Waals surface area contributed by atoms with Gasteiger partial charge in [-0.15, -0.1) is 0 Å². The molecule has 2 heterocycles. The topological polar surface area (TPSA) is 54.1 Å². The number of ether oxygens (including phenoxy) is 1. The van der Waals surface area contributed by atoms with Crippen LogP contribution in [-0.2, 0) is 4.74 Å². The lowest BCUT2D eigenvalue weighted by atomic mass is 9.85. The first kappa shape index (κ1) is 13.2. The quantitative estimate of drug-likeness (QED) is 0.589. The van der Waals surface area contributed by atoms with Crippen molar-refractivity contribution < 1.29 is 4.74 Å². The molecule has 0 aromatic carbocycles. The SMILES string of the molecule is NC(=NC1CC(N2CCCCC2)C1)N1CCOCC1. The fourth-order valence-electron chi connectivity index (χ4n) is 3.31. The van der Waals surface area contributed by atoms with E-state index in [1.54, 1.807) is 0 Å². The molecule has 0 aromatic rings. The minimum Gasteiger partial charge on any atom is -0.378 e. The smallest absolute Gasteiger partial charge is 0.191 e. The van der Waals surface area contributed by atoms with Gasteiger partial charge in [-0.3, -0.25) is 0 Å². The van der Waals surface area contributed by atoms with Crippen LogP contribution < -0.4 is 5.73 Å². The molecule has 0 aromatic heterocycles. The van der Waals surface area contributed by atoms with Crippen molar-refractivity contribution in [3.63, 3.8) is 0 Å². The summed E-state index contributed by atoms with van der Waals surface area (Å²) in [6.45, 7) is 5.91.